The Bertz CT molecular complexity index is 667. The molecule has 0 radical (unpaired) electrons. The summed E-state index contributed by atoms with van der Waals surface area (Å²) in [7, 11) is 0. The number of nitrogens with one attached hydrogen (secondary N) is 2. The molecule has 2 N–H and O–H groups in total. The molecule has 5 nitrogen and oxygen atoms in total. The molecule has 0 bridgehead atoms. The Balaban J connectivity index is 2.12. The largest absolute Gasteiger partial charge is 0.350 e. The first-order valence-corrected chi connectivity index (χ1v) is 7.41. The molecule has 0 saturated carbocycles. The molecule has 116 valence electrons. The number of benzene rings is 1. The second kappa shape index (κ2) is 7.02. The van der Waals surface area contributed by atoms with E-state index in [1.54, 1.807) is 12.3 Å². The summed E-state index contributed by atoms with van der Waals surface area (Å²) < 4.78 is 0. The highest BCUT2D eigenvalue weighted by atomic mass is 16.1. The fourth-order valence-corrected chi connectivity index (χ4v) is 2.01. The van der Waals surface area contributed by atoms with Crippen molar-refractivity contribution >= 4 is 17.5 Å². The third kappa shape index (κ3) is 4.28. The van der Waals surface area contributed by atoms with E-state index in [1.807, 2.05) is 39.8 Å². The molecular formula is C17H22N4O. The summed E-state index contributed by atoms with van der Waals surface area (Å²) >= 11 is 0. The van der Waals surface area contributed by atoms with Gasteiger partial charge in [0.25, 0.3) is 5.91 Å². The summed E-state index contributed by atoms with van der Waals surface area (Å²) in [5.41, 5.74) is 3.61. The number of aryl methyl sites for hydroxylation is 2. The number of hydrogen-bond acceptors (Lipinski definition) is 4. The zero-order chi connectivity index (χ0) is 16.1. The highest BCUT2D eigenvalue weighted by Crippen LogP contribution is 2.19. The smallest absolute Gasteiger partial charge is 0.270 e. The Morgan fingerprint density at radius 2 is 2.00 bits per heavy atom. The van der Waals surface area contributed by atoms with Crippen LogP contribution < -0.4 is 10.6 Å². The number of amides is 1. The van der Waals surface area contributed by atoms with Crippen molar-refractivity contribution in [3.05, 3.63) is 47.3 Å². The van der Waals surface area contributed by atoms with E-state index >= 15 is 0 Å². The average molecular weight is 298 g/mol. The van der Waals surface area contributed by atoms with Crippen molar-refractivity contribution in [3.63, 3.8) is 0 Å². The van der Waals surface area contributed by atoms with Crippen LogP contribution in [0, 0.1) is 19.8 Å². The van der Waals surface area contributed by atoms with Crippen LogP contribution in [0.2, 0.25) is 0 Å². The molecule has 22 heavy (non-hydrogen) atoms. The van der Waals surface area contributed by atoms with Crippen molar-refractivity contribution < 1.29 is 4.79 Å². The lowest BCUT2D eigenvalue weighted by Gasteiger charge is -2.10. The quantitative estimate of drug-likeness (QED) is 0.889. The number of carbonyl (C=O) groups is 1. The molecule has 1 amide bonds. The molecule has 2 rings (SSSR count). The maximum absolute atomic E-state index is 12.0. The van der Waals surface area contributed by atoms with E-state index in [2.05, 4.69) is 26.7 Å². The molecule has 0 fully saturated rings. The van der Waals surface area contributed by atoms with E-state index in [0.29, 0.717) is 24.1 Å². The van der Waals surface area contributed by atoms with Gasteiger partial charge in [-0.3, -0.25) is 4.79 Å². The molecule has 2 aromatic rings. The fraction of sp³-hybridized carbons (Fsp3) is 0.353. The topological polar surface area (TPSA) is 66.9 Å². The van der Waals surface area contributed by atoms with E-state index in [4.69, 9.17) is 0 Å². The second-order valence-corrected chi connectivity index (χ2v) is 5.81. The van der Waals surface area contributed by atoms with Gasteiger partial charge in [-0.25, -0.2) is 9.97 Å². The first-order chi connectivity index (χ1) is 10.5. The number of aromatic nitrogens is 2. The highest BCUT2D eigenvalue weighted by molar-refractivity contribution is 5.92. The van der Waals surface area contributed by atoms with Gasteiger partial charge in [0.2, 0.25) is 5.95 Å². The van der Waals surface area contributed by atoms with Gasteiger partial charge >= 0.3 is 0 Å². The minimum Gasteiger partial charge on any atom is -0.350 e. The Kier molecular flexibility index (Phi) is 5.09. The van der Waals surface area contributed by atoms with E-state index in [-0.39, 0.29) is 5.91 Å². The Morgan fingerprint density at radius 3 is 2.68 bits per heavy atom. The standard InChI is InChI=1S/C17H22N4O/c1-11(2)10-19-16(22)15-7-8-18-17(21-15)20-14-6-5-12(3)9-13(14)4/h5-9,11H,10H2,1-4H3,(H,19,22)(H,18,20,21). The number of carbonyl (C=O) groups excluding carboxylic acids is 1. The second-order valence-electron chi connectivity index (χ2n) is 5.81. The molecular weight excluding hydrogens is 276 g/mol. The van der Waals surface area contributed by atoms with Crippen LogP contribution in [0.4, 0.5) is 11.6 Å². The molecule has 0 aliphatic rings. The van der Waals surface area contributed by atoms with Gasteiger partial charge in [0, 0.05) is 18.4 Å². The van der Waals surface area contributed by atoms with Crippen molar-refractivity contribution in [3.8, 4) is 0 Å². The Hall–Kier alpha value is -2.43. The highest BCUT2D eigenvalue weighted by Gasteiger charge is 2.09. The van der Waals surface area contributed by atoms with Crippen LogP contribution in [-0.2, 0) is 0 Å². The van der Waals surface area contributed by atoms with Gasteiger partial charge in [-0.1, -0.05) is 31.5 Å². The van der Waals surface area contributed by atoms with Crippen LogP contribution in [0.15, 0.2) is 30.5 Å². The van der Waals surface area contributed by atoms with Gasteiger partial charge in [0.05, 0.1) is 0 Å². The van der Waals surface area contributed by atoms with Gasteiger partial charge in [-0.15, -0.1) is 0 Å². The lowest BCUT2D eigenvalue weighted by molar-refractivity contribution is 0.0944. The van der Waals surface area contributed by atoms with Crippen molar-refractivity contribution in [2.75, 3.05) is 11.9 Å². The zero-order valence-corrected chi connectivity index (χ0v) is 13.5. The Labute approximate surface area is 131 Å². The number of anilines is 2. The van der Waals surface area contributed by atoms with Crippen LogP contribution in [0.25, 0.3) is 0 Å². The van der Waals surface area contributed by atoms with E-state index in [0.717, 1.165) is 11.3 Å². The maximum atomic E-state index is 12.0. The summed E-state index contributed by atoms with van der Waals surface area (Å²) in [6, 6.07) is 7.71. The predicted octanol–water partition coefficient (Wildman–Crippen LogP) is 3.22. The first-order valence-electron chi connectivity index (χ1n) is 7.41. The van der Waals surface area contributed by atoms with Crippen molar-refractivity contribution in [2.24, 2.45) is 5.92 Å². The van der Waals surface area contributed by atoms with Crippen LogP contribution >= 0.6 is 0 Å². The molecule has 1 heterocycles. The molecule has 0 spiro atoms. The van der Waals surface area contributed by atoms with Crippen molar-refractivity contribution in [1.29, 1.82) is 0 Å². The van der Waals surface area contributed by atoms with Crippen molar-refractivity contribution in [2.45, 2.75) is 27.7 Å². The molecule has 0 atom stereocenters. The molecule has 0 saturated heterocycles. The number of rotatable bonds is 5. The third-order valence-electron chi connectivity index (χ3n) is 3.19. The molecule has 0 unspecified atom stereocenters. The summed E-state index contributed by atoms with van der Waals surface area (Å²) in [6.07, 6.45) is 1.59. The summed E-state index contributed by atoms with van der Waals surface area (Å²) in [6.45, 7) is 8.80. The van der Waals surface area contributed by atoms with Gasteiger partial charge in [0.15, 0.2) is 0 Å². The lowest BCUT2D eigenvalue weighted by Crippen LogP contribution is -2.28. The van der Waals surface area contributed by atoms with Crippen LogP contribution in [0.3, 0.4) is 0 Å². The van der Waals surface area contributed by atoms with E-state index in [1.165, 1.54) is 5.56 Å². The first kappa shape index (κ1) is 15.9. The minimum absolute atomic E-state index is 0.181. The number of nitrogens with zero attached hydrogens (tertiary/aromatic N) is 2. The van der Waals surface area contributed by atoms with Crippen LogP contribution in [-0.4, -0.2) is 22.4 Å². The van der Waals surface area contributed by atoms with Crippen LogP contribution in [0.5, 0.6) is 0 Å². The molecule has 5 heteroatoms. The molecule has 1 aromatic heterocycles. The van der Waals surface area contributed by atoms with Gasteiger partial charge in [0.1, 0.15) is 5.69 Å². The molecule has 0 aliphatic heterocycles. The number of hydrogen-bond donors (Lipinski definition) is 2. The van der Waals surface area contributed by atoms with Crippen LogP contribution in [0.1, 0.15) is 35.5 Å². The van der Waals surface area contributed by atoms with Crippen molar-refractivity contribution in [1.82, 2.24) is 15.3 Å². The van der Waals surface area contributed by atoms with Gasteiger partial charge in [-0.05, 0) is 37.5 Å². The SMILES string of the molecule is Cc1ccc(Nc2nccc(C(=O)NCC(C)C)n2)c(C)c1. The minimum atomic E-state index is -0.181. The monoisotopic (exact) mass is 298 g/mol. The van der Waals surface area contributed by atoms with E-state index < -0.39 is 0 Å². The molecule has 1 aromatic carbocycles. The predicted molar refractivity (Wildman–Crippen MR) is 88.4 cm³/mol. The fourth-order valence-electron chi connectivity index (χ4n) is 2.01. The summed E-state index contributed by atoms with van der Waals surface area (Å²) in [5.74, 6) is 0.641. The third-order valence-corrected chi connectivity index (χ3v) is 3.19. The molecule has 0 aliphatic carbocycles. The summed E-state index contributed by atoms with van der Waals surface area (Å²) in [5, 5.41) is 6.01. The average Bonchev–Trinajstić information content (AvgIpc) is 2.48. The maximum Gasteiger partial charge on any atom is 0.270 e. The normalized spacial score (nSPS) is 10.6. The van der Waals surface area contributed by atoms with E-state index in [9.17, 15) is 4.79 Å². The zero-order valence-electron chi connectivity index (χ0n) is 13.5. The Morgan fingerprint density at radius 1 is 1.23 bits per heavy atom. The van der Waals surface area contributed by atoms with Gasteiger partial charge < -0.3 is 10.6 Å². The van der Waals surface area contributed by atoms with Gasteiger partial charge in [-0.2, -0.15) is 0 Å². The summed E-state index contributed by atoms with van der Waals surface area (Å²) in [4.78, 5) is 20.5. The lowest BCUT2D eigenvalue weighted by atomic mass is 10.1.